The third-order valence-electron chi connectivity index (χ3n) is 4.62. The van der Waals surface area contributed by atoms with E-state index in [1.54, 1.807) is 19.9 Å². The van der Waals surface area contributed by atoms with Crippen molar-refractivity contribution in [3.8, 4) is 0 Å². The van der Waals surface area contributed by atoms with Gasteiger partial charge in [0.25, 0.3) is 10.0 Å². The molecule has 0 unspecified atom stereocenters. The molecule has 0 aliphatic carbocycles. The first-order valence-electron chi connectivity index (χ1n) is 8.93. The van der Waals surface area contributed by atoms with Crippen LogP contribution in [0.3, 0.4) is 0 Å². The first-order chi connectivity index (χ1) is 13.1. The fraction of sp³-hybridized carbons (Fsp3) is 0.500. The molecule has 0 bridgehead atoms. The maximum atomic E-state index is 13.1. The van der Waals surface area contributed by atoms with E-state index in [9.17, 15) is 22.8 Å². The van der Waals surface area contributed by atoms with Gasteiger partial charge in [0.05, 0.1) is 13.0 Å². The first kappa shape index (κ1) is 22.0. The Balaban J connectivity index is 2.40. The predicted molar refractivity (Wildman–Crippen MR) is 101 cm³/mol. The van der Waals surface area contributed by atoms with Crippen molar-refractivity contribution in [1.29, 1.82) is 0 Å². The van der Waals surface area contributed by atoms with E-state index in [0.717, 1.165) is 6.42 Å². The lowest BCUT2D eigenvalue weighted by atomic mass is 9.87. The first-order valence-corrected chi connectivity index (χ1v) is 10.4. The fourth-order valence-corrected chi connectivity index (χ4v) is 4.25. The molecule has 0 aromatic carbocycles. The minimum Gasteiger partial charge on any atom is -0.369 e. The molecule has 28 heavy (non-hydrogen) atoms. The SMILES string of the molecule is CC(C)(C[CH]C(=O)N([C@H]1CCCNCC1=O)S(=O)(=O)c1ccccn1)C(N)=O. The number of carbonyl (C=O) groups is 3. The maximum absolute atomic E-state index is 13.1. The summed E-state index contributed by atoms with van der Waals surface area (Å²) in [5.41, 5.74) is 4.28. The van der Waals surface area contributed by atoms with Gasteiger partial charge in [-0.2, -0.15) is 8.42 Å². The summed E-state index contributed by atoms with van der Waals surface area (Å²) >= 11 is 0. The van der Waals surface area contributed by atoms with Crippen LogP contribution in [0.5, 0.6) is 0 Å². The maximum Gasteiger partial charge on any atom is 0.284 e. The van der Waals surface area contributed by atoms with Gasteiger partial charge in [0.2, 0.25) is 11.8 Å². The second-order valence-electron chi connectivity index (χ2n) is 7.26. The standard InChI is InChI=1S/C18H25N4O5S/c1-18(2,17(19)25)9-8-16(24)22(13-6-5-10-20-12-14(13)23)28(26,27)15-7-3-4-11-21-15/h3-4,7-8,11,13,20H,5-6,9-10,12H2,1-2H3,(H2,19,25)/t13-/m0/s1. The topological polar surface area (TPSA) is 140 Å². The fourth-order valence-electron chi connectivity index (χ4n) is 2.73. The molecule has 1 atom stereocenters. The molecule has 1 saturated heterocycles. The summed E-state index contributed by atoms with van der Waals surface area (Å²) < 4.78 is 26.9. The van der Waals surface area contributed by atoms with Gasteiger partial charge in [-0.3, -0.25) is 14.4 Å². The van der Waals surface area contributed by atoms with Crippen LogP contribution in [0.1, 0.15) is 33.1 Å². The normalized spacial score (nSPS) is 18.4. The van der Waals surface area contributed by atoms with Crippen LogP contribution in [0.4, 0.5) is 0 Å². The van der Waals surface area contributed by atoms with E-state index >= 15 is 0 Å². The van der Waals surface area contributed by atoms with Crippen molar-refractivity contribution in [1.82, 2.24) is 14.6 Å². The second kappa shape index (κ2) is 8.78. The Labute approximate surface area is 164 Å². The summed E-state index contributed by atoms with van der Waals surface area (Å²) in [5.74, 6) is -1.89. The van der Waals surface area contributed by atoms with Gasteiger partial charge in [-0.1, -0.05) is 19.9 Å². The number of hydrogen-bond acceptors (Lipinski definition) is 7. The molecule has 2 rings (SSSR count). The number of Topliss-reactive ketones (excluding diaryl/α,β-unsaturated/α-hetero) is 1. The van der Waals surface area contributed by atoms with E-state index in [0.29, 0.717) is 17.3 Å². The number of nitrogens with two attached hydrogens (primary N) is 1. The number of nitrogens with zero attached hydrogens (tertiary/aromatic N) is 2. The summed E-state index contributed by atoms with van der Waals surface area (Å²) in [6.45, 7) is 3.63. The Morgan fingerprint density at radius 3 is 2.71 bits per heavy atom. The molecule has 153 valence electrons. The average Bonchev–Trinajstić information content (AvgIpc) is 2.85. The number of rotatable bonds is 7. The van der Waals surface area contributed by atoms with E-state index in [-0.39, 0.29) is 24.4 Å². The molecule has 1 fully saturated rings. The van der Waals surface area contributed by atoms with Crippen molar-refractivity contribution >= 4 is 27.6 Å². The van der Waals surface area contributed by atoms with Crippen LogP contribution in [0.2, 0.25) is 0 Å². The van der Waals surface area contributed by atoms with Crippen LogP contribution >= 0.6 is 0 Å². The third-order valence-corrected chi connectivity index (χ3v) is 6.34. The van der Waals surface area contributed by atoms with Crippen molar-refractivity contribution in [2.75, 3.05) is 13.1 Å². The highest BCUT2D eigenvalue weighted by Crippen LogP contribution is 2.26. The molecule has 10 heteroatoms. The Morgan fingerprint density at radius 1 is 1.39 bits per heavy atom. The van der Waals surface area contributed by atoms with E-state index in [2.05, 4.69) is 10.3 Å². The van der Waals surface area contributed by atoms with E-state index in [4.69, 9.17) is 5.73 Å². The van der Waals surface area contributed by atoms with E-state index in [1.165, 1.54) is 18.3 Å². The average molecular weight is 409 g/mol. The van der Waals surface area contributed by atoms with Gasteiger partial charge in [-0.25, -0.2) is 9.29 Å². The van der Waals surface area contributed by atoms with Crippen LogP contribution in [-0.2, 0) is 24.4 Å². The largest absolute Gasteiger partial charge is 0.369 e. The number of ketones is 1. The minimum absolute atomic E-state index is 0.0288. The molecule has 1 radical (unpaired) electrons. The van der Waals surface area contributed by atoms with Crippen molar-refractivity contribution in [2.24, 2.45) is 11.1 Å². The Kier molecular flexibility index (Phi) is 6.89. The van der Waals surface area contributed by atoms with Gasteiger partial charge in [0, 0.05) is 11.6 Å². The van der Waals surface area contributed by atoms with Crippen LogP contribution in [0.25, 0.3) is 0 Å². The lowest BCUT2D eigenvalue weighted by Crippen LogP contribution is -2.50. The summed E-state index contributed by atoms with van der Waals surface area (Å²) in [5, 5.41) is 2.59. The van der Waals surface area contributed by atoms with Gasteiger partial charge in [0.1, 0.15) is 6.04 Å². The highest BCUT2D eigenvalue weighted by molar-refractivity contribution is 7.89. The zero-order chi connectivity index (χ0) is 20.9. The summed E-state index contributed by atoms with van der Waals surface area (Å²) in [6.07, 6.45) is 3.07. The summed E-state index contributed by atoms with van der Waals surface area (Å²) in [4.78, 5) is 40.8. The number of primary amides is 1. The molecule has 1 aliphatic rings. The van der Waals surface area contributed by atoms with Crippen LogP contribution in [0.15, 0.2) is 29.4 Å². The number of nitrogens with one attached hydrogen (secondary N) is 1. The molecule has 0 saturated carbocycles. The number of aromatic nitrogens is 1. The lowest BCUT2D eigenvalue weighted by Gasteiger charge is -2.30. The predicted octanol–water partition coefficient (Wildman–Crippen LogP) is 0.0259. The van der Waals surface area contributed by atoms with Crippen molar-refractivity contribution in [3.63, 3.8) is 0 Å². The minimum atomic E-state index is -4.36. The quantitative estimate of drug-likeness (QED) is 0.647. The molecule has 0 spiro atoms. The molecule has 1 aromatic rings. The van der Waals surface area contributed by atoms with Crippen LogP contribution in [-0.4, -0.2) is 54.4 Å². The molecule has 2 amide bonds. The molecular formula is C18H25N4O5S. The van der Waals surface area contributed by atoms with E-state index in [1.807, 2.05) is 0 Å². The molecule has 9 nitrogen and oxygen atoms in total. The summed E-state index contributed by atoms with van der Waals surface area (Å²) in [7, 11) is -4.36. The molecular weight excluding hydrogens is 384 g/mol. The third kappa shape index (κ3) is 4.93. The number of amides is 2. The number of hydrogen-bond donors (Lipinski definition) is 2. The van der Waals surface area contributed by atoms with E-state index < -0.39 is 39.1 Å². The Bertz CT molecular complexity index is 839. The van der Waals surface area contributed by atoms with Crippen LogP contribution in [0, 0.1) is 11.8 Å². The number of pyridine rings is 1. The van der Waals surface area contributed by atoms with Crippen LogP contribution < -0.4 is 11.1 Å². The van der Waals surface area contributed by atoms with Gasteiger partial charge in [-0.15, -0.1) is 0 Å². The molecule has 3 N–H and O–H groups in total. The molecule has 2 heterocycles. The smallest absolute Gasteiger partial charge is 0.284 e. The summed E-state index contributed by atoms with van der Waals surface area (Å²) in [6, 6.07) is 3.16. The highest BCUT2D eigenvalue weighted by atomic mass is 32.2. The number of sulfonamides is 1. The Morgan fingerprint density at radius 2 is 2.11 bits per heavy atom. The zero-order valence-electron chi connectivity index (χ0n) is 15.9. The van der Waals surface area contributed by atoms with Gasteiger partial charge >= 0.3 is 0 Å². The van der Waals surface area contributed by atoms with Gasteiger partial charge in [0.15, 0.2) is 10.8 Å². The Hall–Kier alpha value is -2.33. The second-order valence-corrected chi connectivity index (χ2v) is 9.03. The van der Waals surface area contributed by atoms with Crippen molar-refractivity contribution in [3.05, 3.63) is 30.8 Å². The molecule has 1 aromatic heterocycles. The number of carbonyl (C=O) groups excluding carboxylic acids is 3. The van der Waals surface area contributed by atoms with Crippen molar-refractivity contribution in [2.45, 2.75) is 44.2 Å². The zero-order valence-corrected chi connectivity index (χ0v) is 16.7. The monoisotopic (exact) mass is 409 g/mol. The van der Waals surface area contributed by atoms with Gasteiger partial charge in [-0.05, 0) is 37.9 Å². The van der Waals surface area contributed by atoms with Gasteiger partial charge < -0.3 is 11.1 Å². The van der Waals surface area contributed by atoms with Crippen molar-refractivity contribution < 1.29 is 22.8 Å². The lowest BCUT2D eigenvalue weighted by molar-refractivity contribution is -0.132. The molecule has 1 aliphatic heterocycles. The highest BCUT2D eigenvalue weighted by Gasteiger charge is 2.41.